The highest BCUT2D eigenvalue weighted by Crippen LogP contribution is 2.15. The lowest BCUT2D eigenvalue weighted by Gasteiger charge is -2.11. The van der Waals surface area contributed by atoms with E-state index >= 15 is 0 Å². The van der Waals surface area contributed by atoms with Gasteiger partial charge in [-0.05, 0) is 37.6 Å². The van der Waals surface area contributed by atoms with Crippen molar-refractivity contribution >= 4 is 5.91 Å². The van der Waals surface area contributed by atoms with Crippen molar-refractivity contribution in [2.24, 2.45) is 0 Å². The molecule has 0 aliphatic rings. The summed E-state index contributed by atoms with van der Waals surface area (Å²) < 4.78 is 0. The van der Waals surface area contributed by atoms with Gasteiger partial charge in [-0.25, -0.2) is 0 Å². The molecular weight excluding hydrogens is 238 g/mol. The Morgan fingerprint density at radius 2 is 2.16 bits per heavy atom. The second-order valence-corrected chi connectivity index (χ2v) is 4.46. The van der Waals surface area contributed by atoms with Crippen LogP contribution < -0.4 is 5.32 Å². The fourth-order valence-electron chi connectivity index (χ4n) is 1.62. The largest absolute Gasteiger partial charge is 0.350 e. The third-order valence-corrected chi connectivity index (χ3v) is 2.97. The van der Waals surface area contributed by atoms with E-state index in [1.165, 1.54) is 0 Å². The van der Waals surface area contributed by atoms with Crippen molar-refractivity contribution in [1.82, 2.24) is 15.3 Å². The van der Waals surface area contributed by atoms with Crippen molar-refractivity contribution < 1.29 is 4.79 Å². The molecule has 2 rings (SSSR count). The molecule has 2 heterocycles. The van der Waals surface area contributed by atoms with Gasteiger partial charge in [0.05, 0.1) is 11.3 Å². The molecule has 1 amide bonds. The summed E-state index contributed by atoms with van der Waals surface area (Å²) in [5, 5.41) is 2.91. The zero-order valence-electron chi connectivity index (χ0n) is 11.1. The molecule has 0 aliphatic carbocycles. The fraction of sp³-hybridized carbons (Fsp3) is 0.267. The lowest BCUT2D eigenvalue weighted by molar-refractivity contribution is 0.0939. The maximum Gasteiger partial charge on any atom is 0.253 e. The van der Waals surface area contributed by atoms with E-state index in [4.69, 9.17) is 0 Å². The molecule has 2 aromatic rings. The van der Waals surface area contributed by atoms with Crippen LogP contribution in [0.5, 0.6) is 0 Å². The van der Waals surface area contributed by atoms with Crippen LogP contribution in [0, 0.1) is 0 Å². The van der Waals surface area contributed by atoms with E-state index in [9.17, 15) is 4.79 Å². The van der Waals surface area contributed by atoms with E-state index in [0.717, 1.165) is 17.7 Å². The van der Waals surface area contributed by atoms with Gasteiger partial charge in [0.1, 0.15) is 0 Å². The van der Waals surface area contributed by atoms with Gasteiger partial charge < -0.3 is 5.32 Å². The lowest BCUT2D eigenvalue weighted by atomic mass is 10.1. The molecule has 0 saturated heterocycles. The van der Waals surface area contributed by atoms with Crippen molar-refractivity contribution in [3.63, 3.8) is 0 Å². The van der Waals surface area contributed by atoms with Gasteiger partial charge in [-0.1, -0.05) is 6.92 Å². The highest BCUT2D eigenvalue weighted by Gasteiger charge is 2.09. The number of nitrogens with zero attached hydrogens (tertiary/aromatic N) is 2. The molecule has 0 saturated carbocycles. The first-order valence-corrected chi connectivity index (χ1v) is 6.38. The first-order chi connectivity index (χ1) is 9.20. The topological polar surface area (TPSA) is 54.9 Å². The highest BCUT2D eigenvalue weighted by atomic mass is 16.1. The summed E-state index contributed by atoms with van der Waals surface area (Å²) in [6.07, 6.45) is 5.98. The van der Waals surface area contributed by atoms with E-state index in [1.54, 1.807) is 24.7 Å². The standard InChI is InChI=1S/C15H17N3O/c1-3-11(2)18-15(19)13-6-7-14(17-10-13)12-5-4-8-16-9-12/h4-11H,3H2,1-2H3,(H,18,19). The first-order valence-electron chi connectivity index (χ1n) is 6.38. The number of carbonyl (C=O) groups excluding carboxylic acids is 1. The quantitative estimate of drug-likeness (QED) is 0.913. The Balaban J connectivity index is 2.13. The molecule has 1 N–H and O–H groups in total. The molecule has 0 fully saturated rings. The highest BCUT2D eigenvalue weighted by molar-refractivity contribution is 5.94. The predicted octanol–water partition coefficient (Wildman–Crippen LogP) is 2.67. The number of hydrogen-bond acceptors (Lipinski definition) is 3. The van der Waals surface area contributed by atoms with Crippen LogP contribution in [0.15, 0.2) is 42.9 Å². The maximum atomic E-state index is 11.9. The molecule has 1 unspecified atom stereocenters. The second-order valence-electron chi connectivity index (χ2n) is 4.46. The van der Waals surface area contributed by atoms with Crippen molar-refractivity contribution in [2.45, 2.75) is 26.3 Å². The zero-order valence-corrected chi connectivity index (χ0v) is 11.1. The molecule has 0 bridgehead atoms. The summed E-state index contributed by atoms with van der Waals surface area (Å²) in [6, 6.07) is 7.59. The minimum atomic E-state index is -0.0837. The van der Waals surface area contributed by atoms with Crippen LogP contribution in [0.25, 0.3) is 11.3 Å². The van der Waals surface area contributed by atoms with Crippen LogP contribution in [-0.2, 0) is 0 Å². The Bertz CT molecular complexity index is 537. The van der Waals surface area contributed by atoms with Gasteiger partial charge in [-0.15, -0.1) is 0 Å². The molecule has 4 heteroatoms. The molecule has 19 heavy (non-hydrogen) atoms. The van der Waals surface area contributed by atoms with Gasteiger partial charge in [-0.2, -0.15) is 0 Å². The van der Waals surface area contributed by atoms with Gasteiger partial charge in [0.25, 0.3) is 5.91 Å². The Hall–Kier alpha value is -2.23. The average Bonchev–Trinajstić information content (AvgIpc) is 2.48. The number of pyridine rings is 2. The number of carbonyl (C=O) groups is 1. The van der Waals surface area contributed by atoms with E-state index in [1.807, 2.05) is 32.0 Å². The molecule has 4 nitrogen and oxygen atoms in total. The molecule has 0 spiro atoms. The number of aromatic nitrogens is 2. The third kappa shape index (κ3) is 3.37. The molecule has 0 aromatic carbocycles. The summed E-state index contributed by atoms with van der Waals surface area (Å²) in [5.74, 6) is -0.0837. The summed E-state index contributed by atoms with van der Waals surface area (Å²) in [6.45, 7) is 4.02. The van der Waals surface area contributed by atoms with Crippen molar-refractivity contribution in [1.29, 1.82) is 0 Å². The molecule has 1 atom stereocenters. The Morgan fingerprint density at radius 1 is 1.32 bits per heavy atom. The molecule has 98 valence electrons. The third-order valence-electron chi connectivity index (χ3n) is 2.97. The van der Waals surface area contributed by atoms with Gasteiger partial charge in [0.15, 0.2) is 0 Å². The van der Waals surface area contributed by atoms with Crippen molar-refractivity contribution in [2.75, 3.05) is 0 Å². The lowest BCUT2D eigenvalue weighted by Crippen LogP contribution is -2.31. The fourth-order valence-corrected chi connectivity index (χ4v) is 1.62. The van der Waals surface area contributed by atoms with Crippen LogP contribution in [-0.4, -0.2) is 21.9 Å². The SMILES string of the molecule is CCC(C)NC(=O)c1ccc(-c2cccnc2)nc1. The normalized spacial score (nSPS) is 11.9. The second kappa shape index (κ2) is 6.09. The Kier molecular flexibility index (Phi) is 4.23. The molecule has 0 aliphatic heterocycles. The summed E-state index contributed by atoms with van der Waals surface area (Å²) in [7, 11) is 0. The van der Waals surface area contributed by atoms with E-state index in [-0.39, 0.29) is 11.9 Å². The van der Waals surface area contributed by atoms with E-state index in [0.29, 0.717) is 5.56 Å². The summed E-state index contributed by atoms with van der Waals surface area (Å²) in [5.41, 5.74) is 2.33. The summed E-state index contributed by atoms with van der Waals surface area (Å²) in [4.78, 5) is 20.3. The minimum Gasteiger partial charge on any atom is -0.350 e. The van der Waals surface area contributed by atoms with Crippen LogP contribution in [0.4, 0.5) is 0 Å². The van der Waals surface area contributed by atoms with Gasteiger partial charge >= 0.3 is 0 Å². The molecule has 0 radical (unpaired) electrons. The smallest absolute Gasteiger partial charge is 0.253 e. The average molecular weight is 255 g/mol. The number of rotatable bonds is 4. The zero-order chi connectivity index (χ0) is 13.7. The van der Waals surface area contributed by atoms with Crippen molar-refractivity contribution in [3.8, 4) is 11.3 Å². The van der Waals surface area contributed by atoms with Crippen molar-refractivity contribution in [3.05, 3.63) is 48.4 Å². The van der Waals surface area contributed by atoms with E-state index < -0.39 is 0 Å². The first kappa shape index (κ1) is 13.2. The van der Waals surface area contributed by atoms with Crippen LogP contribution in [0.1, 0.15) is 30.6 Å². The monoisotopic (exact) mass is 255 g/mol. The predicted molar refractivity (Wildman–Crippen MR) is 74.7 cm³/mol. The molecular formula is C15H17N3O. The molecule has 2 aromatic heterocycles. The van der Waals surface area contributed by atoms with Crippen LogP contribution >= 0.6 is 0 Å². The number of hydrogen-bond donors (Lipinski definition) is 1. The number of amides is 1. The maximum absolute atomic E-state index is 11.9. The summed E-state index contributed by atoms with van der Waals surface area (Å²) >= 11 is 0. The van der Waals surface area contributed by atoms with E-state index in [2.05, 4.69) is 15.3 Å². The van der Waals surface area contributed by atoms with Gasteiger partial charge in [-0.3, -0.25) is 14.8 Å². The van der Waals surface area contributed by atoms with Gasteiger partial charge in [0, 0.05) is 30.2 Å². The van der Waals surface area contributed by atoms with Crippen LogP contribution in [0.3, 0.4) is 0 Å². The Labute approximate surface area is 112 Å². The Morgan fingerprint density at radius 3 is 2.74 bits per heavy atom. The minimum absolute atomic E-state index is 0.0837. The number of nitrogens with one attached hydrogen (secondary N) is 1. The van der Waals surface area contributed by atoms with Gasteiger partial charge in [0.2, 0.25) is 0 Å². The van der Waals surface area contributed by atoms with Crippen LogP contribution in [0.2, 0.25) is 0 Å².